The molecule has 32 heavy (non-hydrogen) atoms. The molecule has 1 aliphatic rings. The maximum atomic E-state index is 12.6. The Bertz CT molecular complexity index is 1040. The largest absolute Gasteiger partial charge is 0.497 e. The molecule has 170 valence electrons. The van der Waals surface area contributed by atoms with Gasteiger partial charge in [-0.2, -0.15) is 4.52 Å². The van der Waals surface area contributed by atoms with Crippen molar-refractivity contribution in [2.24, 2.45) is 0 Å². The number of rotatable bonds is 9. The molecule has 3 aromatic rings. The summed E-state index contributed by atoms with van der Waals surface area (Å²) in [5, 5.41) is 15.8. The summed E-state index contributed by atoms with van der Waals surface area (Å²) in [5.74, 6) is 2.07. The van der Waals surface area contributed by atoms with Gasteiger partial charge in [-0.3, -0.25) is 4.79 Å². The molecule has 4 rings (SSSR count). The molecule has 1 aromatic carbocycles. The predicted molar refractivity (Wildman–Crippen MR) is 118 cm³/mol. The Hall–Kier alpha value is -3.20. The average Bonchev–Trinajstić information content (AvgIpc) is 3.25. The molecule has 1 aliphatic heterocycles. The molecule has 0 saturated carbocycles. The van der Waals surface area contributed by atoms with Crippen molar-refractivity contribution in [2.45, 2.75) is 37.5 Å². The molecule has 0 spiro atoms. The molecule has 9 nitrogen and oxygen atoms in total. The first-order valence-electron chi connectivity index (χ1n) is 10.9. The normalized spacial score (nSPS) is 15.4. The Morgan fingerprint density at radius 3 is 2.59 bits per heavy atom. The minimum absolute atomic E-state index is 0.0312. The summed E-state index contributed by atoms with van der Waals surface area (Å²) in [7, 11) is 3.23. The third-order valence-electron chi connectivity index (χ3n) is 6.09. The fourth-order valence-electron chi connectivity index (χ4n) is 4.12. The molecule has 0 atom stereocenters. The predicted octanol–water partition coefficient (Wildman–Crippen LogP) is 2.33. The van der Waals surface area contributed by atoms with E-state index in [1.54, 1.807) is 24.8 Å². The number of benzene rings is 1. The fourth-order valence-corrected chi connectivity index (χ4v) is 4.12. The number of ether oxygens (including phenoxy) is 3. The topological polar surface area (TPSA) is 99.9 Å². The highest BCUT2D eigenvalue weighted by Gasteiger charge is 2.34. The molecule has 1 saturated heterocycles. The molecule has 2 aromatic heterocycles. The summed E-state index contributed by atoms with van der Waals surface area (Å²) in [6.07, 6.45) is 3.42. The standard InChI is InChI=1S/C23H29N5O4/c1-30-18-8-6-17(7-9-18)23(12-14-32-15-13-23)16-24-21(29)5-3-4-19-25-26-20-10-11-22(31-2)27-28(19)20/h6-11H,3-5,12-16H2,1-2H3,(H,24,29). The number of nitrogens with one attached hydrogen (secondary N) is 1. The van der Waals surface area contributed by atoms with Crippen LogP contribution in [0.4, 0.5) is 0 Å². The van der Waals surface area contributed by atoms with Crippen LogP contribution < -0.4 is 14.8 Å². The lowest BCUT2D eigenvalue weighted by molar-refractivity contribution is -0.121. The molecule has 9 heteroatoms. The van der Waals surface area contributed by atoms with Crippen LogP contribution in [0.25, 0.3) is 5.65 Å². The zero-order valence-electron chi connectivity index (χ0n) is 18.5. The quantitative estimate of drug-likeness (QED) is 0.546. The van der Waals surface area contributed by atoms with E-state index in [1.807, 2.05) is 18.2 Å². The Labute approximate surface area is 187 Å². The van der Waals surface area contributed by atoms with E-state index in [-0.39, 0.29) is 11.3 Å². The van der Waals surface area contributed by atoms with Crippen LogP contribution in [0.2, 0.25) is 0 Å². The van der Waals surface area contributed by atoms with Crippen molar-refractivity contribution in [1.29, 1.82) is 0 Å². The number of fused-ring (bicyclic) bond motifs is 1. The Morgan fingerprint density at radius 2 is 1.88 bits per heavy atom. The van der Waals surface area contributed by atoms with Crippen molar-refractivity contribution in [3.05, 3.63) is 47.8 Å². The lowest BCUT2D eigenvalue weighted by Gasteiger charge is -2.38. The van der Waals surface area contributed by atoms with Crippen molar-refractivity contribution >= 4 is 11.6 Å². The number of amides is 1. The van der Waals surface area contributed by atoms with Gasteiger partial charge in [-0.25, -0.2) is 0 Å². The van der Waals surface area contributed by atoms with E-state index in [2.05, 4.69) is 32.7 Å². The monoisotopic (exact) mass is 439 g/mol. The number of hydrogen-bond acceptors (Lipinski definition) is 7. The van der Waals surface area contributed by atoms with Gasteiger partial charge in [0, 0.05) is 44.1 Å². The highest BCUT2D eigenvalue weighted by Crippen LogP contribution is 2.35. The zero-order valence-corrected chi connectivity index (χ0v) is 18.5. The molecular formula is C23H29N5O4. The number of aryl methyl sites for hydroxylation is 1. The van der Waals surface area contributed by atoms with Gasteiger partial charge in [-0.15, -0.1) is 15.3 Å². The van der Waals surface area contributed by atoms with Crippen molar-refractivity contribution in [2.75, 3.05) is 34.0 Å². The first kappa shape index (κ1) is 22.0. The van der Waals surface area contributed by atoms with Gasteiger partial charge >= 0.3 is 0 Å². The SMILES string of the molecule is COc1ccc(C2(CNC(=O)CCCc3nnc4ccc(OC)nn34)CCOCC2)cc1. The van der Waals surface area contributed by atoms with Crippen LogP contribution in [0, 0.1) is 0 Å². The minimum Gasteiger partial charge on any atom is -0.497 e. The third kappa shape index (κ3) is 4.83. The summed E-state index contributed by atoms with van der Waals surface area (Å²) in [6.45, 7) is 1.98. The molecule has 1 N–H and O–H groups in total. The van der Waals surface area contributed by atoms with Gasteiger partial charge in [0.2, 0.25) is 11.8 Å². The minimum atomic E-state index is -0.121. The lowest BCUT2D eigenvalue weighted by atomic mass is 9.74. The molecule has 0 radical (unpaired) electrons. The second kappa shape index (κ2) is 9.95. The molecule has 0 unspecified atom stereocenters. The van der Waals surface area contributed by atoms with Gasteiger partial charge in [0.1, 0.15) is 5.75 Å². The van der Waals surface area contributed by atoms with Crippen LogP contribution >= 0.6 is 0 Å². The molecule has 1 fully saturated rings. The number of carbonyl (C=O) groups excluding carboxylic acids is 1. The Morgan fingerprint density at radius 1 is 1.09 bits per heavy atom. The summed E-state index contributed by atoms with van der Waals surface area (Å²) < 4.78 is 17.7. The van der Waals surface area contributed by atoms with E-state index in [4.69, 9.17) is 14.2 Å². The highest BCUT2D eigenvalue weighted by atomic mass is 16.5. The van der Waals surface area contributed by atoms with E-state index < -0.39 is 0 Å². The summed E-state index contributed by atoms with van der Waals surface area (Å²) in [4.78, 5) is 12.6. The number of carbonyl (C=O) groups is 1. The first-order valence-corrected chi connectivity index (χ1v) is 10.9. The smallest absolute Gasteiger partial charge is 0.231 e. The van der Waals surface area contributed by atoms with Crippen LogP contribution in [0.3, 0.4) is 0 Å². The van der Waals surface area contributed by atoms with E-state index in [0.29, 0.717) is 56.4 Å². The first-order chi connectivity index (χ1) is 15.6. The Kier molecular flexibility index (Phi) is 6.84. The van der Waals surface area contributed by atoms with Crippen molar-refractivity contribution in [3.63, 3.8) is 0 Å². The number of methoxy groups -OCH3 is 2. The van der Waals surface area contributed by atoms with Gasteiger partial charge in [0.05, 0.1) is 14.2 Å². The van der Waals surface area contributed by atoms with Crippen LogP contribution in [0.15, 0.2) is 36.4 Å². The van der Waals surface area contributed by atoms with Gasteiger partial charge in [-0.05, 0) is 43.0 Å². The molecule has 0 bridgehead atoms. The van der Waals surface area contributed by atoms with Crippen LogP contribution in [0.5, 0.6) is 11.6 Å². The summed E-state index contributed by atoms with van der Waals surface area (Å²) >= 11 is 0. The van der Waals surface area contributed by atoms with Gasteiger partial charge in [0.15, 0.2) is 11.5 Å². The molecular weight excluding hydrogens is 410 g/mol. The van der Waals surface area contributed by atoms with E-state index in [0.717, 1.165) is 18.6 Å². The Balaban J connectivity index is 1.34. The van der Waals surface area contributed by atoms with Crippen LogP contribution in [0.1, 0.15) is 37.1 Å². The second-order valence-corrected chi connectivity index (χ2v) is 8.01. The van der Waals surface area contributed by atoms with Crippen LogP contribution in [-0.4, -0.2) is 59.7 Å². The van der Waals surface area contributed by atoms with Gasteiger partial charge in [-0.1, -0.05) is 12.1 Å². The van der Waals surface area contributed by atoms with Crippen LogP contribution in [-0.2, 0) is 21.4 Å². The average molecular weight is 440 g/mol. The van der Waals surface area contributed by atoms with Crippen molar-refractivity contribution in [3.8, 4) is 11.6 Å². The molecule has 1 amide bonds. The zero-order chi connectivity index (χ0) is 22.4. The van der Waals surface area contributed by atoms with E-state index >= 15 is 0 Å². The summed E-state index contributed by atoms with van der Waals surface area (Å²) in [5.41, 5.74) is 1.74. The third-order valence-corrected chi connectivity index (χ3v) is 6.09. The van der Waals surface area contributed by atoms with Crippen molar-refractivity contribution in [1.82, 2.24) is 25.1 Å². The van der Waals surface area contributed by atoms with Crippen molar-refractivity contribution < 1.29 is 19.0 Å². The van der Waals surface area contributed by atoms with E-state index in [9.17, 15) is 4.79 Å². The highest BCUT2D eigenvalue weighted by molar-refractivity contribution is 5.76. The number of nitrogens with zero attached hydrogens (tertiary/aromatic N) is 4. The number of aromatic nitrogens is 4. The lowest BCUT2D eigenvalue weighted by Crippen LogP contribution is -2.44. The molecule has 3 heterocycles. The van der Waals surface area contributed by atoms with Gasteiger partial charge < -0.3 is 19.5 Å². The second-order valence-electron chi connectivity index (χ2n) is 8.01. The maximum absolute atomic E-state index is 12.6. The van der Waals surface area contributed by atoms with Gasteiger partial charge in [0.25, 0.3) is 0 Å². The fraction of sp³-hybridized carbons (Fsp3) is 0.478. The van der Waals surface area contributed by atoms with E-state index in [1.165, 1.54) is 5.56 Å². The molecule has 0 aliphatic carbocycles. The summed E-state index contributed by atoms with van der Waals surface area (Å²) in [6, 6.07) is 11.7. The number of hydrogen-bond donors (Lipinski definition) is 1. The maximum Gasteiger partial charge on any atom is 0.231 e.